The molecule has 1 amide bonds. The fourth-order valence-corrected chi connectivity index (χ4v) is 3.10. The Morgan fingerprint density at radius 2 is 2.00 bits per heavy atom. The minimum Gasteiger partial charge on any atom is -0.477 e. The van der Waals surface area contributed by atoms with E-state index in [-0.39, 0.29) is 17.6 Å². The Kier molecular flexibility index (Phi) is 3.05. The molecule has 2 heterocycles. The van der Waals surface area contributed by atoms with Gasteiger partial charge in [-0.15, -0.1) is 0 Å². The molecule has 0 spiro atoms. The predicted molar refractivity (Wildman–Crippen MR) is 79.9 cm³/mol. The SMILES string of the molecule is CN1C(=O)c2ccccc2C(n2cncc2C(=O)O)C1(C)C. The Morgan fingerprint density at radius 1 is 1.32 bits per heavy atom. The van der Waals surface area contributed by atoms with E-state index in [1.807, 2.05) is 32.0 Å². The van der Waals surface area contributed by atoms with Crippen molar-refractivity contribution in [3.05, 3.63) is 53.6 Å². The first-order chi connectivity index (χ1) is 10.4. The number of benzene rings is 1. The molecule has 1 aromatic heterocycles. The number of carboxylic acids is 1. The molecule has 1 N–H and O–H groups in total. The summed E-state index contributed by atoms with van der Waals surface area (Å²) in [6.07, 6.45) is 2.84. The average Bonchev–Trinajstić information content (AvgIpc) is 2.94. The fraction of sp³-hybridized carbons (Fsp3) is 0.312. The standard InChI is InChI=1S/C16H17N3O3/c1-16(2)13(19-9-17-8-12(19)15(21)22)10-6-4-5-7-11(10)14(20)18(16)3/h4-9,13H,1-3H3,(H,21,22). The first-order valence-electron chi connectivity index (χ1n) is 6.98. The number of likely N-dealkylation sites (N-methyl/N-ethyl adjacent to an activating group) is 1. The van der Waals surface area contributed by atoms with E-state index < -0.39 is 11.5 Å². The highest BCUT2D eigenvalue weighted by Gasteiger charge is 2.45. The smallest absolute Gasteiger partial charge is 0.354 e. The first-order valence-corrected chi connectivity index (χ1v) is 6.98. The molecule has 0 bridgehead atoms. The van der Waals surface area contributed by atoms with Crippen LogP contribution >= 0.6 is 0 Å². The van der Waals surface area contributed by atoms with Crippen molar-refractivity contribution in [3.63, 3.8) is 0 Å². The molecular formula is C16H17N3O3. The number of carbonyl (C=O) groups is 2. The summed E-state index contributed by atoms with van der Waals surface area (Å²) in [5, 5.41) is 9.38. The molecule has 0 aliphatic carbocycles. The number of fused-ring (bicyclic) bond motifs is 1. The van der Waals surface area contributed by atoms with Crippen LogP contribution in [-0.4, -0.2) is 44.0 Å². The van der Waals surface area contributed by atoms with Crippen LogP contribution < -0.4 is 0 Å². The molecule has 1 atom stereocenters. The van der Waals surface area contributed by atoms with E-state index in [1.165, 1.54) is 12.5 Å². The Hall–Kier alpha value is -2.63. The maximum absolute atomic E-state index is 12.6. The van der Waals surface area contributed by atoms with Crippen LogP contribution in [0, 0.1) is 0 Å². The molecule has 6 heteroatoms. The van der Waals surface area contributed by atoms with Gasteiger partial charge in [-0.05, 0) is 25.5 Å². The van der Waals surface area contributed by atoms with Crippen molar-refractivity contribution in [2.45, 2.75) is 25.4 Å². The van der Waals surface area contributed by atoms with Crippen molar-refractivity contribution in [2.75, 3.05) is 7.05 Å². The molecule has 2 aromatic rings. The van der Waals surface area contributed by atoms with Gasteiger partial charge in [-0.2, -0.15) is 0 Å². The van der Waals surface area contributed by atoms with Crippen LogP contribution in [0.3, 0.4) is 0 Å². The summed E-state index contributed by atoms with van der Waals surface area (Å²) in [7, 11) is 1.74. The van der Waals surface area contributed by atoms with Crippen LogP contribution in [0.1, 0.15) is 46.3 Å². The first kappa shape index (κ1) is 14.3. The lowest BCUT2D eigenvalue weighted by molar-refractivity contribution is 0.0481. The van der Waals surface area contributed by atoms with Crippen molar-refractivity contribution >= 4 is 11.9 Å². The van der Waals surface area contributed by atoms with Gasteiger partial charge in [-0.1, -0.05) is 18.2 Å². The zero-order valence-corrected chi connectivity index (χ0v) is 12.6. The summed E-state index contributed by atoms with van der Waals surface area (Å²) < 4.78 is 1.63. The van der Waals surface area contributed by atoms with E-state index in [0.717, 1.165) is 5.56 Å². The number of imidazole rings is 1. The van der Waals surface area contributed by atoms with E-state index >= 15 is 0 Å². The van der Waals surface area contributed by atoms with E-state index in [9.17, 15) is 14.7 Å². The molecule has 1 aliphatic heterocycles. The third-order valence-electron chi connectivity index (χ3n) is 4.49. The highest BCUT2D eigenvalue weighted by atomic mass is 16.4. The van der Waals surface area contributed by atoms with E-state index in [2.05, 4.69) is 4.98 Å². The van der Waals surface area contributed by atoms with Crippen LogP contribution in [0.5, 0.6) is 0 Å². The summed E-state index contributed by atoms with van der Waals surface area (Å²) in [5.41, 5.74) is 0.933. The predicted octanol–water partition coefficient (Wildman–Crippen LogP) is 2.03. The average molecular weight is 299 g/mol. The minimum absolute atomic E-state index is 0.0613. The highest BCUT2D eigenvalue weighted by molar-refractivity contribution is 5.98. The zero-order valence-electron chi connectivity index (χ0n) is 12.6. The van der Waals surface area contributed by atoms with Gasteiger partial charge >= 0.3 is 5.97 Å². The third-order valence-corrected chi connectivity index (χ3v) is 4.49. The van der Waals surface area contributed by atoms with Gasteiger partial charge in [-0.25, -0.2) is 9.78 Å². The van der Waals surface area contributed by atoms with Gasteiger partial charge in [0.05, 0.1) is 24.1 Å². The highest BCUT2D eigenvalue weighted by Crippen LogP contribution is 2.41. The molecule has 0 radical (unpaired) electrons. The lowest BCUT2D eigenvalue weighted by atomic mass is 9.80. The molecule has 1 aromatic carbocycles. The number of aromatic carboxylic acids is 1. The van der Waals surface area contributed by atoms with Gasteiger partial charge in [0.2, 0.25) is 0 Å². The number of carboxylic acid groups (broad SMARTS) is 1. The second-order valence-corrected chi connectivity index (χ2v) is 6.00. The Bertz CT molecular complexity index is 764. The monoisotopic (exact) mass is 299 g/mol. The maximum atomic E-state index is 12.6. The van der Waals surface area contributed by atoms with Crippen LogP contribution in [0.4, 0.5) is 0 Å². The van der Waals surface area contributed by atoms with Gasteiger partial charge < -0.3 is 14.6 Å². The largest absolute Gasteiger partial charge is 0.477 e. The summed E-state index contributed by atoms with van der Waals surface area (Å²) in [4.78, 5) is 29.6. The Balaban J connectivity index is 2.28. The van der Waals surface area contributed by atoms with Gasteiger partial charge in [0.1, 0.15) is 5.69 Å². The number of hydrogen-bond donors (Lipinski definition) is 1. The number of rotatable bonds is 2. The molecule has 0 saturated heterocycles. The second kappa shape index (κ2) is 4.69. The molecule has 6 nitrogen and oxygen atoms in total. The van der Waals surface area contributed by atoms with Crippen LogP contribution in [0.15, 0.2) is 36.8 Å². The van der Waals surface area contributed by atoms with Crippen molar-refractivity contribution in [1.29, 1.82) is 0 Å². The van der Waals surface area contributed by atoms with Gasteiger partial charge in [0, 0.05) is 12.6 Å². The molecule has 3 rings (SSSR count). The van der Waals surface area contributed by atoms with Gasteiger partial charge in [0.25, 0.3) is 5.91 Å². The van der Waals surface area contributed by atoms with E-state index in [0.29, 0.717) is 5.56 Å². The zero-order chi connectivity index (χ0) is 16.1. The van der Waals surface area contributed by atoms with E-state index in [1.54, 1.807) is 22.6 Å². The number of amides is 1. The van der Waals surface area contributed by atoms with Crippen LogP contribution in [0.25, 0.3) is 0 Å². The Morgan fingerprint density at radius 3 is 2.68 bits per heavy atom. The van der Waals surface area contributed by atoms with Gasteiger partial charge in [0.15, 0.2) is 0 Å². The Labute approximate surface area is 128 Å². The molecule has 0 fully saturated rings. The van der Waals surface area contributed by atoms with Gasteiger partial charge in [-0.3, -0.25) is 4.79 Å². The molecule has 0 saturated carbocycles. The van der Waals surface area contributed by atoms with Crippen molar-refractivity contribution < 1.29 is 14.7 Å². The lowest BCUT2D eigenvalue weighted by Gasteiger charge is -2.47. The van der Waals surface area contributed by atoms with Crippen molar-refractivity contribution in [2.24, 2.45) is 0 Å². The lowest BCUT2D eigenvalue weighted by Crippen LogP contribution is -2.55. The molecule has 114 valence electrons. The number of carbonyl (C=O) groups excluding carboxylic acids is 1. The van der Waals surface area contributed by atoms with E-state index in [4.69, 9.17) is 0 Å². The molecular weight excluding hydrogens is 282 g/mol. The summed E-state index contributed by atoms with van der Waals surface area (Å²) in [6.45, 7) is 3.86. The molecule has 1 aliphatic rings. The maximum Gasteiger partial charge on any atom is 0.354 e. The number of nitrogens with zero attached hydrogens (tertiary/aromatic N) is 3. The quantitative estimate of drug-likeness (QED) is 0.920. The van der Waals surface area contributed by atoms with Crippen LogP contribution in [0.2, 0.25) is 0 Å². The third kappa shape index (κ3) is 1.83. The second-order valence-electron chi connectivity index (χ2n) is 6.00. The summed E-state index contributed by atoms with van der Waals surface area (Å²) in [6, 6.07) is 7.00. The van der Waals surface area contributed by atoms with Crippen molar-refractivity contribution in [1.82, 2.24) is 14.5 Å². The molecule has 22 heavy (non-hydrogen) atoms. The summed E-state index contributed by atoms with van der Waals surface area (Å²) in [5.74, 6) is -1.10. The topological polar surface area (TPSA) is 75.4 Å². The number of hydrogen-bond acceptors (Lipinski definition) is 3. The number of aromatic nitrogens is 2. The fourth-order valence-electron chi connectivity index (χ4n) is 3.10. The van der Waals surface area contributed by atoms with Crippen molar-refractivity contribution in [3.8, 4) is 0 Å². The minimum atomic E-state index is -1.04. The summed E-state index contributed by atoms with van der Waals surface area (Å²) >= 11 is 0. The normalized spacial score (nSPS) is 19.9. The molecule has 1 unspecified atom stereocenters. The van der Waals surface area contributed by atoms with Crippen LogP contribution in [-0.2, 0) is 0 Å².